The quantitative estimate of drug-likeness (QED) is 0.647. The molecule has 2 nitrogen and oxygen atoms in total. The molecule has 2 rings (SSSR count). The summed E-state index contributed by atoms with van der Waals surface area (Å²) in [6, 6.07) is 18.3. The first-order valence-corrected chi connectivity index (χ1v) is 7.89. The second kappa shape index (κ2) is 7.79. The van der Waals surface area contributed by atoms with E-state index in [1.54, 1.807) is 0 Å². The largest absolute Gasteiger partial charge is 0.489 e. The van der Waals surface area contributed by atoms with Gasteiger partial charge in [-0.1, -0.05) is 62.7 Å². The average molecular weight is 296 g/mol. The summed E-state index contributed by atoms with van der Waals surface area (Å²) in [4.78, 5) is 11.0. The maximum Gasteiger partial charge on any atom is 0.120 e. The summed E-state index contributed by atoms with van der Waals surface area (Å²) in [5, 5.41) is 0. The lowest BCUT2D eigenvalue weighted by molar-refractivity contribution is -0.108. The van der Waals surface area contributed by atoms with E-state index in [-0.39, 0.29) is 5.41 Å². The fourth-order valence-corrected chi connectivity index (χ4v) is 2.79. The summed E-state index contributed by atoms with van der Waals surface area (Å²) in [7, 11) is 0. The molecule has 0 saturated carbocycles. The highest BCUT2D eigenvalue weighted by Crippen LogP contribution is 2.32. The molecule has 1 atom stereocenters. The third-order valence-electron chi connectivity index (χ3n) is 4.14. The molecular weight excluding hydrogens is 272 g/mol. The lowest BCUT2D eigenvalue weighted by Crippen LogP contribution is -2.22. The molecule has 0 bridgehead atoms. The van der Waals surface area contributed by atoms with Crippen LogP contribution in [0.1, 0.15) is 44.2 Å². The van der Waals surface area contributed by atoms with Crippen molar-refractivity contribution in [3.8, 4) is 5.75 Å². The summed E-state index contributed by atoms with van der Waals surface area (Å²) < 4.78 is 5.81. The first kappa shape index (κ1) is 16.3. The summed E-state index contributed by atoms with van der Waals surface area (Å²) in [5.41, 5.74) is 2.28. The molecule has 2 heteroatoms. The van der Waals surface area contributed by atoms with Crippen molar-refractivity contribution in [3.63, 3.8) is 0 Å². The highest BCUT2D eigenvalue weighted by molar-refractivity contribution is 5.53. The minimum Gasteiger partial charge on any atom is -0.489 e. The summed E-state index contributed by atoms with van der Waals surface area (Å²) in [6.07, 6.45) is 3.66. The van der Waals surface area contributed by atoms with Crippen LogP contribution in [0.25, 0.3) is 0 Å². The normalized spacial score (nSPS) is 13.4. The molecule has 0 N–H and O–H groups in total. The van der Waals surface area contributed by atoms with Crippen LogP contribution in [0.2, 0.25) is 0 Å². The molecule has 0 unspecified atom stereocenters. The predicted molar refractivity (Wildman–Crippen MR) is 90.2 cm³/mol. The molecule has 0 aliphatic heterocycles. The van der Waals surface area contributed by atoms with Crippen LogP contribution in [0.5, 0.6) is 5.75 Å². The van der Waals surface area contributed by atoms with E-state index in [9.17, 15) is 4.79 Å². The van der Waals surface area contributed by atoms with E-state index in [0.717, 1.165) is 30.4 Å². The molecular formula is C20H24O2. The van der Waals surface area contributed by atoms with Crippen LogP contribution in [0.15, 0.2) is 54.6 Å². The Kier molecular flexibility index (Phi) is 5.76. The second-order valence-electron chi connectivity index (χ2n) is 5.98. The molecule has 22 heavy (non-hydrogen) atoms. The van der Waals surface area contributed by atoms with Crippen molar-refractivity contribution in [2.45, 2.75) is 45.1 Å². The van der Waals surface area contributed by atoms with Gasteiger partial charge in [0, 0.05) is 6.42 Å². The molecule has 0 spiro atoms. The SMILES string of the molecule is CCC[C@](C)(CC=O)c1ccc(OCc2ccccc2)cc1. The van der Waals surface area contributed by atoms with Gasteiger partial charge in [-0.25, -0.2) is 0 Å². The van der Waals surface area contributed by atoms with E-state index in [0.29, 0.717) is 13.0 Å². The van der Waals surface area contributed by atoms with Gasteiger partial charge in [0.15, 0.2) is 0 Å². The van der Waals surface area contributed by atoms with Gasteiger partial charge in [-0.3, -0.25) is 0 Å². The molecule has 0 aromatic heterocycles. The summed E-state index contributed by atoms with van der Waals surface area (Å²) in [5.74, 6) is 0.859. The Morgan fingerprint density at radius 2 is 1.73 bits per heavy atom. The molecule has 0 amide bonds. The van der Waals surface area contributed by atoms with Gasteiger partial charge >= 0.3 is 0 Å². The molecule has 0 aliphatic rings. The van der Waals surface area contributed by atoms with Crippen LogP contribution in [-0.4, -0.2) is 6.29 Å². The Morgan fingerprint density at radius 1 is 1.05 bits per heavy atom. The maximum atomic E-state index is 11.0. The van der Waals surface area contributed by atoms with Crippen LogP contribution in [0.3, 0.4) is 0 Å². The molecule has 0 radical (unpaired) electrons. The van der Waals surface area contributed by atoms with Crippen LogP contribution in [0, 0.1) is 0 Å². The van der Waals surface area contributed by atoms with Crippen molar-refractivity contribution < 1.29 is 9.53 Å². The Morgan fingerprint density at radius 3 is 2.32 bits per heavy atom. The predicted octanol–water partition coefficient (Wildman–Crippen LogP) is 4.91. The highest BCUT2D eigenvalue weighted by Gasteiger charge is 2.25. The smallest absolute Gasteiger partial charge is 0.120 e. The average Bonchev–Trinajstić information content (AvgIpc) is 2.55. The Hall–Kier alpha value is -2.09. The van der Waals surface area contributed by atoms with E-state index < -0.39 is 0 Å². The van der Waals surface area contributed by atoms with E-state index in [2.05, 4.69) is 38.1 Å². The molecule has 0 saturated heterocycles. The van der Waals surface area contributed by atoms with Gasteiger partial charge in [-0.2, -0.15) is 0 Å². The fourth-order valence-electron chi connectivity index (χ4n) is 2.79. The summed E-state index contributed by atoms with van der Waals surface area (Å²) >= 11 is 0. The van der Waals surface area contributed by atoms with Crippen molar-refractivity contribution in [2.75, 3.05) is 0 Å². The van der Waals surface area contributed by atoms with Gasteiger partial charge in [0.05, 0.1) is 0 Å². The first-order valence-electron chi connectivity index (χ1n) is 7.89. The lowest BCUT2D eigenvalue weighted by Gasteiger charge is -2.28. The summed E-state index contributed by atoms with van der Waals surface area (Å²) in [6.45, 7) is 4.88. The van der Waals surface area contributed by atoms with Gasteiger partial charge in [0.1, 0.15) is 18.6 Å². The number of ether oxygens (including phenoxy) is 1. The van der Waals surface area contributed by atoms with Crippen molar-refractivity contribution >= 4 is 6.29 Å². The van der Waals surface area contributed by atoms with Crippen molar-refractivity contribution in [3.05, 3.63) is 65.7 Å². The van der Waals surface area contributed by atoms with Gasteiger partial charge in [0.25, 0.3) is 0 Å². The zero-order chi connectivity index (χ0) is 15.8. The molecule has 2 aromatic rings. The third-order valence-corrected chi connectivity index (χ3v) is 4.14. The Balaban J connectivity index is 2.04. The Labute approximate surface area is 133 Å². The van der Waals surface area contributed by atoms with Crippen molar-refractivity contribution in [1.82, 2.24) is 0 Å². The number of benzene rings is 2. The van der Waals surface area contributed by atoms with Gasteiger partial charge in [0.2, 0.25) is 0 Å². The van der Waals surface area contributed by atoms with Crippen LogP contribution in [0.4, 0.5) is 0 Å². The highest BCUT2D eigenvalue weighted by atomic mass is 16.5. The van der Waals surface area contributed by atoms with E-state index >= 15 is 0 Å². The molecule has 0 aliphatic carbocycles. The maximum absolute atomic E-state index is 11.0. The van der Waals surface area contributed by atoms with Crippen LogP contribution in [-0.2, 0) is 16.8 Å². The zero-order valence-corrected chi connectivity index (χ0v) is 13.4. The number of carbonyl (C=O) groups is 1. The number of hydrogen-bond acceptors (Lipinski definition) is 2. The van der Waals surface area contributed by atoms with Gasteiger partial charge in [-0.15, -0.1) is 0 Å². The fraction of sp³-hybridized carbons (Fsp3) is 0.350. The topological polar surface area (TPSA) is 26.3 Å². The molecule has 116 valence electrons. The minimum absolute atomic E-state index is 0.0749. The molecule has 0 fully saturated rings. The van der Waals surface area contributed by atoms with Gasteiger partial charge < -0.3 is 9.53 Å². The second-order valence-corrected chi connectivity index (χ2v) is 5.98. The number of aldehydes is 1. The standard InChI is InChI=1S/C20H24O2/c1-3-13-20(2,14-15-21)18-9-11-19(12-10-18)22-16-17-7-5-4-6-8-17/h4-12,15H,3,13-14,16H2,1-2H3/t20-/m1/s1. The first-order chi connectivity index (χ1) is 10.7. The number of hydrogen-bond donors (Lipinski definition) is 0. The molecule has 0 heterocycles. The van der Waals surface area contributed by atoms with E-state index in [4.69, 9.17) is 4.74 Å². The number of carbonyl (C=O) groups excluding carboxylic acids is 1. The third kappa shape index (κ3) is 4.20. The Bertz CT molecular complexity index is 574. The molecule has 2 aromatic carbocycles. The lowest BCUT2D eigenvalue weighted by atomic mass is 9.76. The minimum atomic E-state index is -0.0749. The zero-order valence-electron chi connectivity index (χ0n) is 13.4. The van der Waals surface area contributed by atoms with Crippen LogP contribution < -0.4 is 4.74 Å². The van der Waals surface area contributed by atoms with Crippen LogP contribution >= 0.6 is 0 Å². The monoisotopic (exact) mass is 296 g/mol. The van der Waals surface area contributed by atoms with Crippen molar-refractivity contribution in [2.24, 2.45) is 0 Å². The van der Waals surface area contributed by atoms with E-state index in [1.807, 2.05) is 30.3 Å². The number of rotatable bonds is 8. The van der Waals surface area contributed by atoms with E-state index in [1.165, 1.54) is 5.56 Å². The van der Waals surface area contributed by atoms with Gasteiger partial charge in [-0.05, 0) is 35.1 Å². The van der Waals surface area contributed by atoms with Crippen molar-refractivity contribution in [1.29, 1.82) is 0 Å².